The van der Waals surface area contributed by atoms with Gasteiger partial charge in [0, 0.05) is 0 Å². The molecule has 0 saturated heterocycles. The predicted molar refractivity (Wildman–Crippen MR) is 74.9 cm³/mol. The van der Waals surface area contributed by atoms with Crippen LogP contribution in [0.2, 0.25) is 0 Å². The molecule has 20 heavy (non-hydrogen) atoms. The molecular formula is C15H15FN2O2. The fourth-order valence-corrected chi connectivity index (χ4v) is 1.79. The van der Waals surface area contributed by atoms with E-state index in [2.05, 4.69) is 5.16 Å². The Labute approximate surface area is 116 Å². The molecular weight excluding hydrogens is 259 g/mol. The molecule has 4 nitrogen and oxygen atoms in total. The number of amidine groups is 1. The van der Waals surface area contributed by atoms with Gasteiger partial charge >= 0.3 is 0 Å². The van der Waals surface area contributed by atoms with Crippen molar-refractivity contribution in [3.05, 3.63) is 58.9 Å². The summed E-state index contributed by atoms with van der Waals surface area (Å²) in [6.45, 7) is 3.54. The summed E-state index contributed by atoms with van der Waals surface area (Å²) < 4.78 is 18.9. The van der Waals surface area contributed by atoms with Gasteiger partial charge in [0.15, 0.2) is 5.84 Å². The Kier molecular flexibility index (Phi) is 3.89. The zero-order chi connectivity index (χ0) is 14.7. The van der Waals surface area contributed by atoms with Gasteiger partial charge in [-0.05, 0) is 49.7 Å². The maximum absolute atomic E-state index is 13.2. The van der Waals surface area contributed by atoms with Gasteiger partial charge in [-0.3, -0.25) is 0 Å². The average molecular weight is 274 g/mol. The van der Waals surface area contributed by atoms with Crippen molar-refractivity contribution in [2.45, 2.75) is 13.8 Å². The third kappa shape index (κ3) is 2.88. The van der Waals surface area contributed by atoms with Crippen LogP contribution < -0.4 is 10.5 Å². The second-order valence-electron chi connectivity index (χ2n) is 4.50. The summed E-state index contributed by atoms with van der Waals surface area (Å²) >= 11 is 0. The number of rotatable bonds is 3. The second kappa shape index (κ2) is 5.61. The number of benzene rings is 2. The highest BCUT2D eigenvalue weighted by Gasteiger charge is 2.10. The standard InChI is InChI=1S/C15H15FN2O2/c1-9-3-6-14(12(7-9)15(17)18-19)20-11-4-5-13(16)10(2)8-11/h3-8,19H,1-2H3,(H2,17,18). The summed E-state index contributed by atoms with van der Waals surface area (Å²) in [5.74, 6) is 0.595. The van der Waals surface area contributed by atoms with Crippen LogP contribution in [0.15, 0.2) is 41.6 Å². The topological polar surface area (TPSA) is 67.8 Å². The van der Waals surface area contributed by atoms with E-state index in [9.17, 15) is 4.39 Å². The van der Waals surface area contributed by atoms with Crippen LogP contribution in [0.25, 0.3) is 0 Å². The van der Waals surface area contributed by atoms with Crippen LogP contribution in [0.1, 0.15) is 16.7 Å². The lowest BCUT2D eigenvalue weighted by Crippen LogP contribution is -2.14. The molecule has 0 fully saturated rings. The molecule has 0 amide bonds. The molecule has 0 aliphatic carbocycles. The van der Waals surface area contributed by atoms with Crippen molar-refractivity contribution in [3.63, 3.8) is 0 Å². The quantitative estimate of drug-likeness (QED) is 0.390. The Balaban J connectivity index is 2.40. The van der Waals surface area contributed by atoms with Gasteiger partial charge < -0.3 is 15.7 Å². The lowest BCUT2D eigenvalue weighted by molar-refractivity contribution is 0.318. The molecule has 3 N–H and O–H groups in total. The Bertz CT molecular complexity index is 669. The van der Waals surface area contributed by atoms with E-state index in [1.54, 1.807) is 25.1 Å². The van der Waals surface area contributed by atoms with E-state index >= 15 is 0 Å². The molecule has 0 aromatic heterocycles. The molecule has 2 aromatic rings. The number of nitrogens with zero attached hydrogens (tertiary/aromatic N) is 1. The maximum atomic E-state index is 13.2. The minimum Gasteiger partial charge on any atom is -0.457 e. The van der Waals surface area contributed by atoms with Gasteiger partial charge in [-0.2, -0.15) is 0 Å². The smallest absolute Gasteiger partial charge is 0.173 e. The van der Waals surface area contributed by atoms with Gasteiger partial charge in [-0.15, -0.1) is 0 Å². The van der Waals surface area contributed by atoms with Crippen LogP contribution in [-0.4, -0.2) is 11.0 Å². The average Bonchev–Trinajstić information content (AvgIpc) is 2.44. The minimum atomic E-state index is -0.294. The summed E-state index contributed by atoms with van der Waals surface area (Å²) in [7, 11) is 0. The highest BCUT2D eigenvalue weighted by atomic mass is 19.1. The number of nitrogens with two attached hydrogens (primary N) is 1. The lowest BCUT2D eigenvalue weighted by atomic mass is 10.1. The van der Waals surface area contributed by atoms with E-state index in [1.807, 2.05) is 13.0 Å². The monoisotopic (exact) mass is 274 g/mol. The molecule has 0 atom stereocenters. The largest absolute Gasteiger partial charge is 0.457 e. The first-order valence-electron chi connectivity index (χ1n) is 6.04. The molecule has 0 aliphatic rings. The molecule has 0 aliphatic heterocycles. The summed E-state index contributed by atoms with van der Waals surface area (Å²) in [4.78, 5) is 0. The normalized spacial score (nSPS) is 11.4. The predicted octanol–water partition coefficient (Wildman–Crippen LogP) is 3.33. The van der Waals surface area contributed by atoms with E-state index in [1.165, 1.54) is 12.1 Å². The number of hydrogen-bond donors (Lipinski definition) is 2. The lowest BCUT2D eigenvalue weighted by Gasteiger charge is -2.11. The van der Waals surface area contributed by atoms with Crippen LogP contribution in [0, 0.1) is 19.7 Å². The molecule has 0 unspecified atom stereocenters. The van der Waals surface area contributed by atoms with Crippen molar-refractivity contribution in [3.8, 4) is 11.5 Å². The molecule has 5 heteroatoms. The SMILES string of the molecule is Cc1ccc(Oc2ccc(F)c(C)c2)c(/C(N)=N/O)c1. The molecule has 0 saturated carbocycles. The Morgan fingerprint density at radius 1 is 1.20 bits per heavy atom. The second-order valence-corrected chi connectivity index (χ2v) is 4.50. The van der Waals surface area contributed by atoms with Gasteiger partial charge in [0.2, 0.25) is 0 Å². The van der Waals surface area contributed by atoms with Gasteiger partial charge in [-0.1, -0.05) is 16.8 Å². The summed E-state index contributed by atoms with van der Waals surface area (Å²) in [6, 6.07) is 9.77. The number of hydrogen-bond acceptors (Lipinski definition) is 3. The zero-order valence-corrected chi connectivity index (χ0v) is 11.2. The van der Waals surface area contributed by atoms with Gasteiger partial charge in [0.1, 0.15) is 17.3 Å². The fourth-order valence-electron chi connectivity index (χ4n) is 1.79. The first kappa shape index (κ1) is 13.9. The first-order chi connectivity index (χ1) is 9.51. The summed E-state index contributed by atoms with van der Waals surface area (Å²) in [5, 5.41) is 11.8. The van der Waals surface area contributed by atoms with E-state index in [-0.39, 0.29) is 11.7 Å². The Morgan fingerprint density at radius 2 is 1.95 bits per heavy atom. The maximum Gasteiger partial charge on any atom is 0.173 e. The number of aryl methyl sites for hydroxylation is 2. The molecule has 0 spiro atoms. The van der Waals surface area contributed by atoms with E-state index in [0.29, 0.717) is 22.6 Å². The molecule has 2 rings (SSSR count). The summed E-state index contributed by atoms with van der Waals surface area (Å²) in [5.41, 5.74) is 7.55. The van der Waals surface area contributed by atoms with Gasteiger partial charge in [0.05, 0.1) is 5.56 Å². The van der Waals surface area contributed by atoms with E-state index in [4.69, 9.17) is 15.7 Å². The molecule has 0 heterocycles. The van der Waals surface area contributed by atoms with Crippen LogP contribution in [0.5, 0.6) is 11.5 Å². The van der Waals surface area contributed by atoms with Crippen molar-refractivity contribution in [2.75, 3.05) is 0 Å². The van der Waals surface area contributed by atoms with Crippen molar-refractivity contribution in [1.82, 2.24) is 0 Å². The van der Waals surface area contributed by atoms with Crippen molar-refractivity contribution in [2.24, 2.45) is 10.9 Å². The van der Waals surface area contributed by atoms with Crippen molar-refractivity contribution >= 4 is 5.84 Å². The number of ether oxygens (including phenoxy) is 1. The van der Waals surface area contributed by atoms with E-state index < -0.39 is 0 Å². The van der Waals surface area contributed by atoms with Crippen LogP contribution in [0.4, 0.5) is 4.39 Å². The molecule has 104 valence electrons. The molecule has 0 radical (unpaired) electrons. The number of halogens is 1. The third-order valence-electron chi connectivity index (χ3n) is 2.88. The van der Waals surface area contributed by atoms with Crippen molar-refractivity contribution in [1.29, 1.82) is 0 Å². The van der Waals surface area contributed by atoms with Crippen LogP contribution in [0.3, 0.4) is 0 Å². The van der Waals surface area contributed by atoms with E-state index in [0.717, 1.165) is 5.56 Å². The summed E-state index contributed by atoms with van der Waals surface area (Å²) in [6.07, 6.45) is 0. The highest BCUT2D eigenvalue weighted by molar-refractivity contribution is 5.99. The Morgan fingerprint density at radius 3 is 2.60 bits per heavy atom. The van der Waals surface area contributed by atoms with Crippen LogP contribution in [-0.2, 0) is 0 Å². The van der Waals surface area contributed by atoms with Gasteiger partial charge in [-0.25, -0.2) is 4.39 Å². The number of oxime groups is 1. The van der Waals surface area contributed by atoms with Crippen molar-refractivity contribution < 1.29 is 14.3 Å². The molecule has 0 bridgehead atoms. The minimum absolute atomic E-state index is 0.0393. The van der Waals surface area contributed by atoms with Crippen LogP contribution >= 0.6 is 0 Å². The first-order valence-corrected chi connectivity index (χ1v) is 6.04. The highest BCUT2D eigenvalue weighted by Crippen LogP contribution is 2.27. The third-order valence-corrected chi connectivity index (χ3v) is 2.88. The van der Waals surface area contributed by atoms with Gasteiger partial charge in [0.25, 0.3) is 0 Å². The zero-order valence-electron chi connectivity index (χ0n) is 11.2. The Hall–Kier alpha value is -2.56. The fraction of sp³-hybridized carbons (Fsp3) is 0.133. The molecule has 2 aromatic carbocycles.